The fraction of sp³-hybridized carbons (Fsp3) is 0.560. The third-order valence-electron chi connectivity index (χ3n) is 8.82. The van der Waals surface area contributed by atoms with E-state index in [0.717, 1.165) is 43.0 Å². The molecule has 3 N–H and O–H groups in total. The first-order valence-corrected chi connectivity index (χ1v) is 11.8. The van der Waals surface area contributed by atoms with Gasteiger partial charge in [-0.25, -0.2) is 0 Å². The molecule has 2 bridgehead atoms. The number of piperidine rings is 1. The summed E-state index contributed by atoms with van der Waals surface area (Å²) < 4.78 is 11.7. The molecule has 1 saturated heterocycles. The number of aromatic hydroxyl groups is 1. The topological polar surface area (TPSA) is 95.2 Å². The summed E-state index contributed by atoms with van der Waals surface area (Å²) in [7, 11) is 0. The van der Waals surface area contributed by atoms with Crippen molar-refractivity contribution >= 4 is 18.3 Å². The summed E-state index contributed by atoms with van der Waals surface area (Å²) in [5.74, 6) is 1.36. The molecular weight excluding hydrogens is 444 g/mol. The number of furan rings is 1. The monoisotopic (exact) mass is 472 g/mol. The Hall–Kier alpha value is -2.22. The van der Waals surface area contributed by atoms with Crippen LogP contribution in [0.2, 0.25) is 0 Å². The Morgan fingerprint density at radius 3 is 2.82 bits per heavy atom. The van der Waals surface area contributed by atoms with Crippen molar-refractivity contribution in [2.75, 3.05) is 13.1 Å². The lowest BCUT2D eigenvalue weighted by Crippen LogP contribution is -2.78. The summed E-state index contributed by atoms with van der Waals surface area (Å²) in [5, 5.41) is 26.2. The predicted molar refractivity (Wildman–Crippen MR) is 122 cm³/mol. The van der Waals surface area contributed by atoms with Gasteiger partial charge in [-0.3, -0.25) is 9.69 Å². The van der Waals surface area contributed by atoms with Crippen molar-refractivity contribution in [2.24, 2.45) is 5.92 Å². The number of hydrogen-bond acceptors (Lipinski definition) is 6. The first-order chi connectivity index (χ1) is 15.5. The number of aliphatic hydroxyl groups is 1. The molecule has 2 aromatic rings. The number of amides is 1. The number of benzene rings is 1. The Balaban J connectivity index is 0.00000206. The quantitative estimate of drug-likeness (QED) is 0.633. The van der Waals surface area contributed by atoms with Crippen LogP contribution in [-0.4, -0.2) is 57.9 Å². The molecule has 0 radical (unpaired) electrons. The van der Waals surface area contributed by atoms with Crippen molar-refractivity contribution in [2.45, 2.75) is 67.7 Å². The molecule has 5 atom stereocenters. The van der Waals surface area contributed by atoms with Gasteiger partial charge in [0.25, 0.3) is 5.91 Å². The Morgan fingerprint density at radius 1 is 1.21 bits per heavy atom. The normalized spacial score (nSPS) is 35.8. The number of nitrogens with zero attached hydrogens (tertiary/aromatic N) is 1. The molecule has 176 valence electrons. The lowest BCUT2D eigenvalue weighted by molar-refractivity contribution is -0.191. The Morgan fingerprint density at radius 2 is 2.06 bits per heavy atom. The molecule has 1 aromatic carbocycles. The minimum atomic E-state index is -0.942. The maximum atomic E-state index is 12.8. The van der Waals surface area contributed by atoms with E-state index < -0.39 is 17.1 Å². The highest BCUT2D eigenvalue weighted by atomic mass is 35.5. The van der Waals surface area contributed by atoms with Crippen molar-refractivity contribution in [3.8, 4) is 11.5 Å². The highest BCUT2D eigenvalue weighted by Crippen LogP contribution is 2.65. The number of phenols is 1. The molecule has 33 heavy (non-hydrogen) atoms. The summed E-state index contributed by atoms with van der Waals surface area (Å²) in [5.41, 5.74) is 0.569. The van der Waals surface area contributed by atoms with Crippen LogP contribution in [0, 0.1) is 5.92 Å². The minimum Gasteiger partial charge on any atom is -0.504 e. The molecule has 1 amide bonds. The minimum absolute atomic E-state index is 0. The third-order valence-corrected chi connectivity index (χ3v) is 8.82. The molecule has 2 saturated carbocycles. The van der Waals surface area contributed by atoms with Gasteiger partial charge in [-0.15, -0.1) is 12.4 Å². The first kappa shape index (κ1) is 21.3. The number of phenolic OH excluding ortho intramolecular Hbond substituents is 1. The smallest absolute Gasteiger partial charge is 0.287 e. The summed E-state index contributed by atoms with van der Waals surface area (Å²) in [4.78, 5) is 15.3. The number of nitrogens with one attached hydrogen (secondary N) is 1. The summed E-state index contributed by atoms with van der Waals surface area (Å²) in [6.45, 7) is 1.95. The molecule has 3 heterocycles. The second-order valence-corrected chi connectivity index (χ2v) is 10.4. The van der Waals surface area contributed by atoms with Gasteiger partial charge in [-0.2, -0.15) is 0 Å². The number of carbonyl (C=O) groups excluding carboxylic acids is 1. The lowest BCUT2D eigenvalue weighted by Gasteiger charge is -2.64. The van der Waals surface area contributed by atoms with Crippen molar-refractivity contribution < 1.29 is 24.2 Å². The zero-order valence-electron chi connectivity index (χ0n) is 18.3. The lowest BCUT2D eigenvalue weighted by atomic mass is 9.48. The van der Waals surface area contributed by atoms with E-state index in [4.69, 9.17) is 9.15 Å². The molecule has 5 aliphatic rings. The van der Waals surface area contributed by atoms with E-state index in [9.17, 15) is 15.0 Å². The molecule has 0 unspecified atom stereocenters. The molecule has 7 rings (SSSR count). The number of ether oxygens (including phenoxy) is 1. The van der Waals surface area contributed by atoms with Gasteiger partial charge in [0.2, 0.25) is 0 Å². The van der Waals surface area contributed by atoms with E-state index in [1.165, 1.54) is 19.1 Å². The van der Waals surface area contributed by atoms with E-state index in [-0.39, 0.29) is 41.9 Å². The maximum Gasteiger partial charge on any atom is 0.287 e. The van der Waals surface area contributed by atoms with Crippen LogP contribution in [0.15, 0.2) is 34.9 Å². The fourth-order valence-electron chi connectivity index (χ4n) is 7.28. The van der Waals surface area contributed by atoms with E-state index in [1.807, 2.05) is 6.07 Å². The summed E-state index contributed by atoms with van der Waals surface area (Å²) >= 11 is 0. The van der Waals surface area contributed by atoms with Crippen LogP contribution in [0.5, 0.6) is 11.5 Å². The van der Waals surface area contributed by atoms with E-state index in [0.29, 0.717) is 18.6 Å². The predicted octanol–water partition coefficient (Wildman–Crippen LogP) is 2.77. The summed E-state index contributed by atoms with van der Waals surface area (Å²) in [6, 6.07) is 6.81. The van der Waals surface area contributed by atoms with E-state index in [1.54, 1.807) is 18.2 Å². The van der Waals surface area contributed by atoms with E-state index in [2.05, 4.69) is 10.2 Å². The highest BCUT2D eigenvalue weighted by molar-refractivity contribution is 5.91. The fourth-order valence-corrected chi connectivity index (χ4v) is 7.28. The van der Waals surface area contributed by atoms with Crippen molar-refractivity contribution in [1.82, 2.24) is 10.2 Å². The van der Waals surface area contributed by atoms with Crippen LogP contribution in [0.1, 0.15) is 53.8 Å². The Bertz CT molecular complexity index is 1100. The third kappa shape index (κ3) is 2.73. The van der Waals surface area contributed by atoms with Gasteiger partial charge in [0, 0.05) is 18.2 Å². The summed E-state index contributed by atoms with van der Waals surface area (Å²) in [6.07, 6.45) is 6.38. The first-order valence-electron chi connectivity index (χ1n) is 11.8. The number of halogens is 1. The molecule has 8 heteroatoms. The van der Waals surface area contributed by atoms with Gasteiger partial charge >= 0.3 is 0 Å². The van der Waals surface area contributed by atoms with Gasteiger partial charge in [0.05, 0.1) is 23.3 Å². The molecule has 1 spiro atoms. The van der Waals surface area contributed by atoms with Crippen molar-refractivity contribution in [3.05, 3.63) is 47.4 Å². The van der Waals surface area contributed by atoms with Crippen LogP contribution in [0.4, 0.5) is 0 Å². The number of carbonyl (C=O) groups is 1. The average Bonchev–Trinajstić information content (AvgIpc) is 3.27. The molecule has 2 aliphatic heterocycles. The largest absolute Gasteiger partial charge is 0.504 e. The molecular formula is C25H29ClN2O5. The SMILES string of the molecule is Cl.O=C(N[C@H]1CC[C@@]2(O)[C@H]3Cc4ccc(O)c5c4[C@@]2(CCN3CC2CC2)[C@H]1O5)c1ccco1. The van der Waals surface area contributed by atoms with Crippen LogP contribution < -0.4 is 10.1 Å². The van der Waals surface area contributed by atoms with Crippen LogP contribution in [-0.2, 0) is 11.8 Å². The Labute approximate surface area is 198 Å². The van der Waals surface area contributed by atoms with Gasteiger partial charge in [-0.1, -0.05) is 6.07 Å². The molecule has 7 nitrogen and oxygen atoms in total. The standard InChI is InChI=1S/C25H28N2O5.ClH/c28-17-6-5-15-12-19-25(30)8-7-16(26-23(29)18-2-1-11-31-18)22-24(25,20(15)21(17)32-22)9-10-27(19)13-14-3-4-14;/h1-2,5-6,11,14,16,19,22,28,30H,3-4,7-10,12-13H2,(H,26,29);1H/t16-,19+,22-,24-,25+;/m0./s1. The van der Waals surface area contributed by atoms with E-state index >= 15 is 0 Å². The van der Waals surface area contributed by atoms with Gasteiger partial charge < -0.3 is 24.7 Å². The second kappa shape index (κ2) is 7.14. The molecule has 3 fully saturated rings. The number of rotatable bonds is 4. The van der Waals surface area contributed by atoms with Crippen molar-refractivity contribution in [3.63, 3.8) is 0 Å². The van der Waals surface area contributed by atoms with Crippen LogP contribution in [0.25, 0.3) is 0 Å². The van der Waals surface area contributed by atoms with Crippen molar-refractivity contribution in [1.29, 1.82) is 0 Å². The molecule has 3 aliphatic carbocycles. The Kier molecular flexibility index (Phi) is 4.61. The zero-order valence-corrected chi connectivity index (χ0v) is 19.1. The van der Waals surface area contributed by atoms with Crippen LogP contribution >= 0.6 is 12.4 Å². The number of likely N-dealkylation sites (tertiary alicyclic amines) is 1. The van der Waals surface area contributed by atoms with Gasteiger partial charge in [0.1, 0.15) is 6.10 Å². The molecule has 1 aromatic heterocycles. The maximum absolute atomic E-state index is 12.8. The van der Waals surface area contributed by atoms with Gasteiger partial charge in [0.15, 0.2) is 17.3 Å². The second-order valence-electron chi connectivity index (χ2n) is 10.4. The van der Waals surface area contributed by atoms with Crippen LogP contribution in [0.3, 0.4) is 0 Å². The number of hydrogen-bond donors (Lipinski definition) is 3. The highest BCUT2D eigenvalue weighted by Gasteiger charge is 2.73. The zero-order chi connectivity index (χ0) is 21.7. The van der Waals surface area contributed by atoms with Gasteiger partial charge in [-0.05, 0) is 74.8 Å². The average molecular weight is 473 g/mol.